The molecule has 7 heteroatoms. The van der Waals surface area contributed by atoms with Gasteiger partial charge in [0.1, 0.15) is 11.6 Å². The molecule has 0 fully saturated rings. The Morgan fingerprint density at radius 3 is 2.29 bits per heavy atom. The summed E-state index contributed by atoms with van der Waals surface area (Å²) in [6.07, 6.45) is 2.30. The summed E-state index contributed by atoms with van der Waals surface area (Å²) in [4.78, 5) is 26.3. The van der Waals surface area contributed by atoms with Crippen LogP contribution in [0.3, 0.4) is 0 Å². The van der Waals surface area contributed by atoms with E-state index in [-0.39, 0.29) is 23.8 Å². The van der Waals surface area contributed by atoms with Gasteiger partial charge < -0.3 is 10.1 Å². The third-order valence-electron chi connectivity index (χ3n) is 5.61. The van der Waals surface area contributed by atoms with Crippen LogP contribution in [0.1, 0.15) is 66.4 Å². The van der Waals surface area contributed by atoms with Crippen molar-refractivity contribution in [3.63, 3.8) is 0 Å². The van der Waals surface area contributed by atoms with Gasteiger partial charge in [0.15, 0.2) is 9.84 Å². The molecule has 0 spiro atoms. The van der Waals surface area contributed by atoms with Gasteiger partial charge in [-0.05, 0) is 55.9 Å². The zero-order valence-corrected chi connectivity index (χ0v) is 22.8. The first-order valence-electron chi connectivity index (χ1n) is 12.5. The van der Waals surface area contributed by atoms with Crippen LogP contribution in [0, 0.1) is 11.8 Å². The largest absolute Gasteiger partial charge is 0.458 e. The summed E-state index contributed by atoms with van der Waals surface area (Å²) in [6, 6.07) is 12.9. The molecule has 2 aromatic rings. The molecule has 0 aromatic heterocycles. The van der Waals surface area contributed by atoms with E-state index in [2.05, 4.69) is 5.32 Å². The molecule has 0 aliphatic carbocycles. The summed E-state index contributed by atoms with van der Waals surface area (Å²) in [7, 11) is -3.48. The van der Waals surface area contributed by atoms with E-state index in [9.17, 15) is 18.0 Å². The van der Waals surface area contributed by atoms with Crippen LogP contribution in [-0.2, 0) is 30.6 Å². The summed E-state index contributed by atoms with van der Waals surface area (Å²) in [5, 5.41) is 4.86. The van der Waals surface area contributed by atoms with Crippen LogP contribution in [0.5, 0.6) is 0 Å². The highest BCUT2D eigenvalue weighted by Crippen LogP contribution is 2.23. The normalized spacial score (nSPS) is 14.0. The third kappa shape index (κ3) is 9.63. The van der Waals surface area contributed by atoms with Gasteiger partial charge in [0.2, 0.25) is 5.91 Å². The minimum absolute atomic E-state index is 0.0116. The van der Waals surface area contributed by atoms with Crippen LogP contribution >= 0.6 is 0 Å². The highest BCUT2D eigenvalue weighted by Gasteiger charge is 2.32. The van der Waals surface area contributed by atoms with Gasteiger partial charge in [-0.15, -0.1) is 0 Å². The van der Waals surface area contributed by atoms with Gasteiger partial charge in [0, 0.05) is 0 Å². The number of amides is 1. The van der Waals surface area contributed by atoms with Crippen molar-refractivity contribution < 1.29 is 22.7 Å². The van der Waals surface area contributed by atoms with Crippen molar-refractivity contribution in [2.24, 2.45) is 11.8 Å². The lowest BCUT2D eigenvalue weighted by Gasteiger charge is -2.26. The molecule has 0 radical (unpaired) electrons. The minimum Gasteiger partial charge on any atom is -0.458 e. The second-order valence-electron chi connectivity index (χ2n) is 10.7. The molecule has 0 saturated carbocycles. The van der Waals surface area contributed by atoms with Gasteiger partial charge in [-0.2, -0.15) is 0 Å². The Bertz CT molecular complexity index is 1100. The lowest BCUT2D eigenvalue weighted by atomic mass is 9.95. The smallest absolute Gasteiger partial charge is 0.329 e. The predicted molar refractivity (Wildman–Crippen MR) is 142 cm³/mol. The SMILES string of the molecule is CCCC[C@H](NC(=O)C(Cc1cccc2ccccc12)CS(=O)(=O)CC(C)C)C(=O)OC(C)(C)C. The van der Waals surface area contributed by atoms with Gasteiger partial charge in [0.25, 0.3) is 0 Å². The Kier molecular flexibility index (Phi) is 10.3. The molecule has 1 unspecified atom stereocenters. The average molecular weight is 504 g/mol. The number of benzene rings is 2. The Morgan fingerprint density at radius 1 is 1.00 bits per heavy atom. The van der Waals surface area contributed by atoms with Crippen molar-refractivity contribution in [1.82, 2.24) is 5.32 Å². The number of fused-ring (bicyclic) bond motifs is 1. The molecule has 0 saturated heterocycles. The highest BCUT2D eigenvalue weighted by molar-refractivity contribution is 7.91. The lowest BCUT2D eigenvalue weighted by Crippen LogP contribution is -2.47. The van der Waals surface area contributed by atoms with Gasteiger partial charge >= 0.3 is 5.97 Å². The first-order chi connectivity index (χ1) is 16.3. The van der Waals surface area contributed by atoms with E-state index >= 15 is 0 Å². The molecule has 0 bridgehead atoms. The number of sulfone groups is 1. The van der Waals surface area contributed by atoms with Crippen molar-refractivity contribution in [3.8, 4) is 0 Å². The Labute approximate surface area is 210 Å². The number of carbonyl (C=O) groups is 2. The summed E-state index contributed by atoms with van der Waals surface area (Å²) >= 11 is 0. The van der Waals surface area contributed by atoms with Crippen LogP contribution in [0.4, 0.5) is 0 Å². The number of nitrogens with one attached hydrogen (secondary N) is 1. The van der Waals surface area contributed by atoms with E-state index in [1.54, 1.807) is 20.8 Å². The number of rotatable bonds is 12. The Morgan fingerprint density at radius 2 is 1.66 bits per heavy atom. The van der Waals surface area contributed by atoms with Gasteiger partial charge in [-0.1, -0.05) is 76.1 Å². The van der Waals surface area contributed by atoms with Crippen molar-refractivity contribution in [2.75, 3.05) is 11.5 Å². The van der Waals surface area contributed by atoms with E-state index in [0.717, 1.165) is 29.2 Å². The monoisotopic (exact) mass is 503 g/mol. The first-order valence-corrected chi connectivity index (χ1v) is 14.3. The van der Waals surface area contributed by atoms with Crippen LogP contribution in [0.15, 0.2) is 42.5 Å². The zero-order chi connectivity index (χ0) is 26.2. The number of hydrogen-bond donors (Lipinski definition) is 1. The molecule has 0 aliphatic rings. The van der Waals surface area contributed by atoms with Crippen molar-refractivity contribution in [3.05, 3.63) is 48.0 Å². The van der Waals surface area contributed by atoms with Crippen LogP contribution in [0.2, 0.25) is 0 Å². The van der Waals surface area contributed by atoms with Gasteiger partial charge in [0.05, 0.1) is 17.4 Å². The molecular weight excluding hydrogens is 462 g/mol. The van der Waals surface area contributed by atoms with Crippen LogP contribution in [0.25, 0.3) is 10.8 Å². The van der Waals surface area contributed by atoms with E-state index < -0.39 is 39.3 Å². The fraction of sp³-hybridized carbons (Fsp3) is 0.571. The third-order valence-corrected chi connectivity index (χ3v) is 7.70. The van der Waals surface area contributed by atoms with Crippen LogP contribution in [-0.4, -0.2) is 43.4 Å². The fourth-order valence-electron chi connectivity index (χ4n) is 4.17. The van der Waals surface area contributed by atoms with Crippen molar-refractivity contribution in [2.45, 2.75) is 78.9 Å². The fourth-order valence-corrected chi connectivity index (χ4v) is 6.20. The van der Waals surface area contributed by atoms with E-state index in [4.69, 9.17) is 4.74 Å². The lowest BCUT2D eigenvalue weighted by molar-refractivity contribution is -0.159. The first kappa shape index (κ1) is 28.8. The summed E-state index contributed by atoms with van der Waals surface area (Å²) in [5.74, 6) is -2.05. The molecule has 0 heterocycles. The quantitative estimate of drug-likeness (QED) is 0.408. The van der Waals surface area contributed by atoms with E-state index in [0.29, 0.717) is 6.42 Å². The molecule has 35 heavy (non-hydrogen) atoms. The highest BCUT2D eigenvalue weighted by atomic mass is 32.2. The summed E-state index contributed by atoms with van der Waals surface area (Å²) < 4.78 is 31.4. The molecular formula is C28H41NO5S. The standard InChI is InChI=1S/C28H41NO5S/c1-7-8-16-25(27(31)34-28(4,5)6)29-26(30)23(19-35(32,33)18-20(2)3)17-22-14-11-13-21-12-9-10-15-24(21)22/h9-15,20,23,25H,7-8,16-19H2,1-6H3,(H,29,30)/t23?,25-/m0/s1. The van der Waals surface area contributed by atoms with Gasteiger partial charge in [-0.25, -0.2) is 13.2 Å². The molecule has 6 nitrogen and oxygen atoms in total. The summed E-state index contributed by atoms with van der Waals surface area (Å²) in [5.41, 5.74) is 0.222. The molecule has 2 rings (SSSR count). The maximum atomic E-state index is 13.5. The van der Waals surface area contributed by atoms with Crippen LogP contribution < -0.4 is 5.32 Å². The van der Waals surface area contributed by atoms with E-state index in [1.165, 1.54) is 0 Å². The molecule has 194 valence electrons. The number of esters is 1. The Balaban J connectivity index is 2.36. The predicted octanol–water partition coefficient (Wildman–Crippen LogP) is 5.09. The zero-order valence-electron chi connectivity index (χ0n) is 22.0. The minimum atomic E-state index is -3.48. The average Bonchev–Trinajstić information content (AvgIpc) is 2.73. The molecule has 0 aliphatic heterocycles. The maximum absolute atomic E-state index is 13.5. The molecule has 2 atom stereocenters. The number of unbranched alkanes of at least 4 members (excludes halogenated alkanes) is 1. The van der Waals surface area contributed by atoms with E-state index in [1.807, 2.05) is 63.2 Å². The molecule has 1 N–H and O–H groups in total. The Hall–Kier alpha value is -2.41. The maximum Gasteiger partial charge on any atom is 0.329 e. The topological polar surface area (TPSA) is 89.5 Å². The van der Waals surface area contributed by atoms with Crippen molar-refractivity contribution >= 4 is 32.5 Å². The number of carbonyl (C=O) groups excluding carboxylic acids is 2. The second-order valence-corrected chi connectivity index (χ2v) is 12.9. The summed E-state index contributed by atoms with van der Waals surface area (Å²) in [6.45, 7) is 11.1. The van der Waals surface area contributed by atoms with Crippen molar-refractivity contribution in [1.29, 1.82) is 0 Å². The van der Waals surface area contributed by atoms with Gasteiger partial charge in [-0.3, -0.25) is 4.79 Å². The molecule has 1 amide bonds. The number of hydrogen-bond acceptors (Lipinski definition) is 5. The second kappa shape index (κ2) is 12.5. The molecule has 2 aromatic carbocycles. The number of ether oxygens (including phenoxy) is 1.